The molecular weight excluding hydrogens is 569 g/mol. The van der Waals surface area contributed by atoms with Crippen LogP contribution in [0.1, 0.15) is 43.7 Å². The third kappa shape index (κ3) is 6.27. The first-order chi connectivity index (χ1) is 21.1. The van der Waals surface area contributed by atoms with Gasteiger partial charge in [0.25, 0.3) is 0 Å². The molecule has 2 bridgehead atoms. The monoisotopic (exact) mass is 598 g/mol. The fourth-order valence-corrected chi connectivity index (χ4v) is 4.92. The number of benzene rings is 1. The number of carbonyl (C=O) groups excluding carboxylic acids is 1. The van der Waals surface area contributed by atoms with Crippen LogP contribution in [-0.2, 0) is 28.3 Å². The van der Waals surface area contributed by atoms with E-state index in [1.54, 1.807) is 26.1 Å². The summed E-state index contributed by atoms with van der Waals surface area (Å²) >= 11 is 0. The number of pyridine rings is 1. The minimum atomic E-state index is -2.10. The largest absolute Gasteiger partial charge is 0.482 e. The van der Waals surface area contributed by atoms with Crippen molar-refractivity contribution in [1.29, 1.82) is 0 Å². The highest BCUT2D eigenvalue weighted by atomic mass is 19.1. The zero-order valence-electron chi connectivity index (χ0n) is 25.4. The lowest BCUT2D eigenvalue weighted by atomic mass is 9.26. The maximum absolute atomic E-state index is 14.6. The molecule has 2 atom stereocenters. The fourth-order valence-electron chi connectivity index (χ4n) is 4.92. The molecule has 220 valence electrons. The molecule has 10 radical (unpaired) electrons. The van der Waals surface area contributed by atoms with E-state index >= 15 is 0 Å². The lowest BCUT2D eigenvalue weighted by molar-refractivity contribution is -0.145. The van der Waals surface area contributed by atoms with E-state index < -0.39 is 34.4 Å². The van der Waals surface area contributed by atoms with Crippen molar-refractivity contribution >= 4 is 51.0 Å². The smallest absolute Gasteiger partial charge is 0.324 e. The number of nitrogens with one attached hydrogen (secondary N) is 1. The number of rotatable bonds is 7. The van der Waals surface area contributed by atoms with Gasteiger partial charge in [-0.15, -0.1) is 5.11 Å². The molecule has 3 aromatic heterocycles. The average molecular weight is 598 g/mol. The number of hydrogen-bond donors (Lipinski definition) is 2. The number of esters is 1. The number of ether oxygens (including phenoxy) is 2. The molecule has 4 aromatic rings. The molecule has 17 heteroatoms. The molecule has 45 heavy (non-hydrogen) atoms. The third-order valence-electron chi connectivity index (χ3n) is 7.61. The Morgan fingerprint density at radius 2 is 1.93 bits per heavy atom. The second-order valence-corrected chi connectivity index (χ2v) is 11.5. The van der Waals surface area contributed by atoms with Crippen molar-refractivity contribution < 1.29 is 18.7 Å². The van der Waals surface area contributed by atoms with E-state index in [-0.39, 0.29) is 30.6 Å². The number of halogens is 1. The van der Waals surface area contributed by atoms with Gasteiger partial charge in [0.15, 0.2) is 18.3 Å². The highest BCUT2D eigenvalue weighted by Crippen LogP contribution is 2.41. The van der Waals surface area contributed by atoms with E-state index in [1.165, 1.54) is 34.0 Å². The molecule has 1 aromatic carbocycles. The zero-order chi connectivity index (χ0) is 32.8. The minimum absolute atomic E-state index is 0.117. The molecule has 1 aliphatic heterocycles. The lowest BCUT2D eigenvalue weighted by Gasteiger charge is -2.43. The number of fused-ring (bicyclic) bond motifs is 7. The second kappa shape index (κ2) is 12.1. The van der Waals surface area contributed by atoms with Crippen LogP contribution >= 0.6 is 0 Å². The summed E-state index contributed by atoms with van der Waals surface area (Å²) < 4.78 is 27.6. The van der Waals surface area contributed by atoms with Gasteiger partial charge in [-0.3, -0.25) is 9.48 Å². The predicted molar refractivity (Wildman–Crippen MR) is 171 cm³/mol. The molecular formula is C28H28B5FN8O3. The number of aromatic nitrogens is 6. The van der Waals surface area contributed by atoms with Crippen molar-refractivity contribution in [1.82, 2.24) is 29.8 Å². The Balaban J connectivity index is 1.68. The predicted octanol–water partition coefficient (Wildman–Crippen LogP) is 1.35. The van der Waals surface area contributed by atoms with Gasteiger partial charge in [0.05, 0.1) is 56.8 Å². The van der Waals surface area contributed by atoms with Crippen molar-refractivity contribution in [2.45, 2.75) is 49.8 Å². The summed E-state index contributed by atoms with van der Waals surface area (Å²) in [5.74, 6) is -0.718. The number of carbonyl (C=O) groups is 1. The summed E-state index contributed by atoms with van der Waals surface area (Å²) in [5, 5.41) is 12.4. The van der Waals surface area contributed by atoms with E-state index in [1.807, 2.05) is 13.8 Å². The van der Waals surface area contributed by atoms with Gasteiger partial charge in [0.1, 0.15) is 23.7 Å². The molecule has 0 amide bonds. The maximum atomic E-state index is 14.6. The Morgan fingerprint density at radius 3 is 2.62 bits per heavy atom. The molecule has 0 aliphatic carbocycles. The third-order valence-corrected chi connectivity index (χ3v) is 7.61. The fraction of sp³-hybridized carbons (Fsp3) is 0.393. The number of aryl methyl sites for hydroxylation is 1. The summed E-state index contributed by atoms with van der Waals surface area (Å²) in [7, 11) is 32.4. The molecule has 0 spiro atoms. The molecule has 0 fully saturated rings. The van der Waals surface area contributed by atoms with Crippen LogP contribution in [0.5, 0.6) is 5.75 Å². The topological polar surface area (TPSA) is 135 Å². The molecule has 0 saturated carbocycles. The van der Waals surface area contributed by atoms with Gasteiger partial charge in [-0.1, -0.05) is 13.8 Å². The van der Waals surface area contributed by atoms with Crippen LogP contribution in [-0.4, -0.2) is 87.7 Å². The molecule has 3 N–H and O–H groups in total. The first-order valence-electron chi connectivity index (χ1n) is 14.1. The van der Waals surface area contributed by atoms with Crippen LogP contribution in [0.25, 0.3) is 22.5 Å². The highest BCUT2D eigenvalue weighted by Gasteiger charge is 2.36. The first-order valence-corrected chi connectivity index (χ1v) is 14.1. The molecule has 11 nitrogen and oxygen atoms in total. The SMILES string of the molecule is [B]C([B])([B])C([B])([B])n1ncc2c1-c1cnc(NCOC(=O)C(N)C(C)C)c(c1)O[C@H](C)c1cc(F)ccc1-c1nn(C)nc1C2. The number of hydrogen-bond acceptors (Lipinski definition) is 9. The molecule has 5 rings (SSSR count). The number of nitrogens with two attached hydrogens (primary N) is 1. The van der Waals surface area contributed by atoms with Crippen LogP contribution in [0.4, 0.5) is 10.2 Å². The standard InChI is InChI=1S/C28H28B5FN8O3/c1-13(2)22(35)26(43)44-12-37-25-21-8-16(10-36-25)24-15(11-38-42(24)28(32,33)27(29,30)31)7-20-23(40-41(4)39-20)18-6-5-17(34)9-19(18)14(3)45-21/h5-6,8-11,13-14,22H,7,12,35H2,1-4H3,(H,36,37)/t14-,22?/m1/s1. The Kier molecular flexibility index (Phi) is 8.69. The van der Waals surface area contributed by atoms with E-state index in [4.69, 9.17) is 54.4 Å². The van der Waals surface area contributed by atoms with Gasteiger partial charge in [0.2, 0.25) is 0 Å². The van der Waals surface area contributed by atoms with Gasteiger partial charge < -0.3 is 20.5 Å². The normalized spacial score (nSPS) is 15.5. The van der Waals surface area contributed by atoms with Gasteiger partial charge in [-0.25, -0.2) is 9.37 Å². The van der Waals surface area contributed by atoms with E-state index in [0.717, 1.165) is 0 Å². The number of anilines is 1. The summed E-state index contributed by atoms with van der Waals surface area (Å²) in [6, 6.07) is 5.20. The van der Waals surface area contributed by atoms with Crippen molar-refractivity contribution in [3.05, 3.63) is 59.3 Å². The highest BCUT2D eigenvalue weighted by molar-refractivity contribution is 6.66. The summed E-state index contributed by atoms with van der Waals surface area (Å²) in [6.45, 7) is 5.13. The molecule has 1 aliphatic rings. The van der Waals surface area contributed by atoms with Crippen molar-refractivity contribution in [3.8, 4) is 28.3 Å². The van der Waals surface area contributed by atoms with E-state index in [0.29, 0.717) is 39.3 Å². The molecule has 4 heterocycles. The Hall–Kier alpha value is -4.00. The Bertz CT molecular complexity index is 1740. The van der Waals surface area contributed by atoms with Crippen LogP contribution in [0.3, 0.4) is 0 Å². The minimum Gasteiger partial charge on any atom is -0.482 e. The van der Waals surface area contributed by atoms with E-state index in [2.05, 4.69) is 25.6 Å². The number of nitrogens with zero attached hydrogens (tertiary/aromatic N) is 6. The van der Waals surface area contributed by atoms with Crippen molar-refractivity contribution in [2.24, 2.45) is 18.7 Å². The summed E-state index contributed by atoms with van der Waals surface area (Å²) in [5.41, 5.74) is 9.53. The van der Waals surface area contributed by atoms with Gasteiger partial charge in [-0.2, -0.15) is 20.1 Å². The van der Waals surface area contributed by atoms with Crippen LogP contribution in [0.2, 0.25) is 5.11 Å². The van der Waals surface area contributed by atoms with Crippen molar-refractivity contribution in [3.63, 3.8) is 0 Å². The van der Waals surface area contributed by atoms with Crippen LogP contribution in [0, 0.1) is 11.7 Å². The average Bonchev–Trinajstić information content (AvgIpc) is 3.55. The lowest BCUT2D eigenvalue weighted by Crippen LogP contribution is -2.49. The van der Waals surface area contributed by atoms with Crippen LogP contribution < -0.4 is 15.8 Å². The quantitative estimate of drug-likeness (QED) is 0.184. The first kappa shape index (κ1) is 32.4. The second-order valence-electron chi connectivity index (χ2n) is 11.5. The van der Waals surface area contributed by atoms with Gasteiger partial charge in [-0.05, 0) is 42.4 Å². The maximum Gasteiger partial charge on any atom is 0.324 e. The summed E-state index contributed by atoms with van der Waals surface area (Å²) in [4.78, 5) is 18.3. The molecule has 0 saturated heterocycles. The van der Waals surface area contributed by atoms with E-state index in [9.17, 15) is 9.18 Å². The Labute approximate surface area is 267 Å². The van der Waals surface area contributed by atoms with Crippen LogP contribution in [0.15, 0.2) is 36.7 Å². The zero-order valence-corrected chi connectivity index (χ0v) is 25.4. The molecule has 1 unspecified atom stereocenters. The van der Waals surface area contributed by atoms with Crippen molar-refractivity contribution in [2.75, 3.05) is 12.0 Å². The van der Waals surface area contributed by atoms with Gasteiger partial charge in [0, 0.05) is 41.9 Å². The summed E-state index contributed by atoms with van der Waals surface area (Å²) in [6.07, 6.45) is 2.53. The van der Waals surface area contributed by atoms with Gasteiger partial charge >= 0.3 is 5.97 Å². The Morgan fingerprint density at radius 1 is 1.20 bits per heavy atom.